The molecule has 2 saturated carbocycles. The van der Waals surface area contributed by atoms with Crippen molar-refractivity contribution in [1.82, 2.24) is 5.16 Å². The molecule has 0 aromatic carbocycles. The average molecular weight is 318 g/mol. The lowest BCUT2D eigenvalue weighted by atomic mass is 9.86. The largest absolute Gasteiger partial charge is 0.380 e. The van der Waals surface area contributed by atoms with E-state index >= 15 is 0 Å². The predicted molar refractivity (Wildman–Crippen MR) is 66.3 cm³/mol. The van der Waals surface area contributed by atoms with E-state index < -0.39 is 0 Å². The second-order valence-electron chi connectivity index (χ2n) is 4.94. The van der Waals surface area contributed by atoms with E-state index in [1.54, 1.807) is 0 Å². The van der Waals surface area contributed by atoms with E-state index in [-0.39, 0.29) is 0 Å². The normalized spacial score (nSPS) is 33.8. The van der Waals surface area contributed by atoms with Crippen LogP contribution in [0.5, 0.6) is 0 Å². The Morgan fingerprint density at radius 3 is 2.80 bits per heavy atom. The van der Waals surface area contributed by atoms with Crippen LogP contribution < -0.4 is 5.73 Å². The van der Waals surface area contributed by atoms with Crippen molar-refractivity contribution in [2.75, 3.05) is 5.73 Å². The standard InChI is InChI=1S/C11H15IN2O/c12-10-9(15-14-11(10)13)5-8-4-6-1-2-7(8)3-6/h6-8H,1-5H2,(H2,13,14). The molecule has 4 heteroatoms. The van der Waals surface area contributed by atoms with E-state index in [1.165, 1.54) is 25.7 Å². The summed E-state index contributed by atoms with van der Waals surface area (Å²) in [6, 6.07) is 0. The van der Waals surface area contributed by atoms with Gasteiger partial charge in [-0.3, -0.25) is 0 Å². The number of rotatable bonds is 2. The minimum Gasteiger partial charge on any atom is -0.380 e. The Morgan fingerprint density at radius 2 is 2.27 bits per heavy atom. The fraction of sp³-hybridized carbons (Fsp3) is 0.727. The van der Waals surface area contributed by atoms with Crippen LogP contribution in [0.2, 0.25) is 0 Å². The molecule has 0 saturated heterocycles. The Balaban J connectivity index is 1.73. The summed E-state index contributed by atoms with van der Waals surface area (Å²) in [5.74, 6) is 4.32. The van der Waals surface area contributed by atoms with Crippen LogP contribution >= 0.6 is 22.6 Å². The van der Waals surface area contributed by atoms with E-state index in [4.69, 9.17) is 10.3 Å². The van der Waals surface area contributed by atoms with Crippen molar-refractivity contribution in [2.45, 2.75) is 32.1 Å². The summed E-state index contributed by atoms with van der Waals surface area (Å²) in [6.07, 6.45) is 6.77. The van der Waals surface area contributed by atoms with Gasteiger partial charge in [-0.25, -0.2) is 0 Å². The molecule has 0 radical (unpaired) electrons. The van der Waals surface area contributed by atoms with Gasteiger partial charge in [0.15, 0.2) is 11.6 Å². The molecule has 3 unspecified atom stereocenters. The van der Waals surface area contributed by atoms with E-state index in [0.717, 1.165) is 33.5 Å². The third-order valence-electron chi connectivity index (χ3n) is 4.06. The number of anilines is 1. The highest BCUT2D eigenvalue weighted by atomic mass is 127. The summed E-state index contributed by atoms with van der Waals surface area (Å²) >= 11 is 2.24. The van der Waals surface area contributed by atoms with Crippen LogP contribution in [0.1, 0.15) is 31.4 Å². The zero-order valence-electron chi connectivity index (χ0n) is 8.58. The molecule has 2 bridgehead atoms. The molecular weight excluding hydrogens is 303 g/mol. The SMILES string of the molecule is Nc1noc(CC2CC3CCC2C3)c1I. The van der Waals surface area contributed by atoms with Gasteiger partial charge in [-0.2, -0.15) is 0 Å². The molecule has 2 aliphatic carbocycles. The number of hydrogen-bond donors (Lipinski definition) is 1. The molecule has 15 heavy (non-hydrogen) atoms. The van der Waals surface area contributed by atoms with Gasteiger partial charge in [0, 0.05) is 6.42 Å². The number of aromatic nitrogens is 1. The van der Waals surface area contributed by atoms with E-state index in [1.807, 2.05) is 0 Å². The first-order valence-corrected chi connectivity index (χ1v) is 6.71. The van der Waals surface area contributed by atoms with Crippen LogP contribution in [-0.2, 0) is 6.42 Å². The number of nitrogens with zero attached hydrogens (tertiary/aromatic N) is 1. The molecule has 1 heterocycles. The molecule has 2 fully saturated rings. The smallest absolute Gasteiger partial charge is 0.180 e. The summed E-state index contributed by atoms with van der Waals surface area (Å²) in [5.41, 5.74) is 5.68. The van der Waals surface area contributed by atoms with Gasteiger partial charge in [0.05, 0.1) is 3.57 Å². The Labute approximate surface area is 103 Å². The van der Waals surface area contributed by atoms with Crippen molar-refractivity contribution in [2.24, 2.45) is 17.8 Å². The predicted octanol–water partition coefficient (Wildman–Crippen LogP) is 2.84. The fourth-order valence-electron chi connectivity index (χ4n) is 3.32. The zero-order chi connectivity index (χ0) is 10.4. The third kappa shape index (κ3) is 1.66. The Kier molecular flexibility index (Phi) is 2.41. The molecule has 82 valence electrons. The summed E-state index contributed by atoms with van der Waals surface area (Å²) in [7, 11) is 0. The molecule has 1 aromatic heterocycles. The number of hydrogen-bond acceptors (Lipinski definition) is 3. The first-order valence-electron chi connectivity index (χ1n) is 5.63. The Bertz CT molecular complexity index is 377. The second kappa shape index (κ2) is 3.64. The quantitative estimate of drug-likeness (QED) is 0.853. The highest BCUT2D eigenvalue weighted by Gasteiger charge is 2.40. The topological polar surface area (TPSA) is 52.0 Å². The van der Waals surface area contributed by atoms with Crippen LogP contribution in [0.3, 0.4) is 0 Å². The van der Waals surface area contributed by atoms with Crippen LogP contribution in [0, 0.1) is 21.3 Å². The summed E-state index contributed by atoms with van der Waals surface area (Å²) in [4.78, 5) is 0. The van der Waals surface area contributed by atoms with Crippen molar-refractivity contribution in [3.05, 3.63) is 9.33 Å². The summed E-state index contributed by atoms with van der Waals surface area (Å²) in [6.45, 7) is 0. The van der Waals surface area contributed by atoms with Crippen molar-refractivity contribution in [3.63, 3.8) is 0 Å². The lowest BCUT2D eigenvalue weighted by molar-refractivity contribution is 0.292. The molecular formula is C11H15IN2O. The molecule has 0 amide bonds. The maximum atomic E-state index is 5.68. The van der Waals surface area contributed by atoms with Crippen LogP contribution in [0.4, 0.5) is 5.82 Å². The number of fused-ring (bicyclic) bond motifs is 2. The fourth-order valence-corrected chi connectivity index (χ4v) is 3.74. The molecule has 0 aliphatic heterocycles. The van der Waals surface area contributed by atoms with Crippen molar-refractivity contribution in [3.8, 4) is 0 Å². The first-order chi connectivity index (χ1) is 7.24. The third-order valence-corrected chi connectivity index (χ3v) is 5.21. The molecule has 3 nitrogen and oxygen atoms in total. The van der Waals surface area contributed by atoms with Crippen LogP contribution in [0.15, 0.2) is 4.52 Å². The van der Waals surface area contributed by atoms with E-state index in [0.29, 0.717) is 5.82 Å². The Hall–Kier alpha value is -0.260. The van der Waals surface area contributed by atoms with Gasteiger partial charge in [0.1, 0.15) is 0 Å². The first kappa shape index (κ1) is 9.93. The highest BCUT2D eigenvalue weighted by molar-refractivity contribution is 14.1. The molecule has 2 aliphatic rings. The maximum absolute atomic E-state index is 5.68. The van der Waals surface area contributed by atoms with Crippen molar-refractivity contribution >= 4 is 28.4 Å². The monoisotopic (exact) mass is 318 g/mol. The Morgan fingerprint density at radius 1 is 1.40 bits per heavy atom. The molecule has 3 rings (SSSR count). The lowest BCUT2D eigenvalue weighted by Crippen LogP contribution is -2.13. The summed E-state index contributed by atoms with van der Waals surface area (Å²) < 4.78 is 6.31. The summed E-state index contributed by atoms with van der Waals surface area (Å²) in [5, 5.41) is 3.82. The van der Waals surface area contributed by atoms with Gasteiger partial charge >= 0.3 is 0 Å². The number of nitrogens with two attached hydrogens (primary N) is 1. The highest BCUT2D eigenvalue weighted by Crippen LogP contribution is 2.49. The van der Waals surface area contributed by atoms with Gasteiger partial charge in [-0.1, -0.05) is 11.6 Å². The number of halogens is 1. The van der Waals surface area contributed by atoms with E-state index in [2.05, 4.69) is 27.7 Å². The molecule has 1 aromatic rings. The van der Waals surface area contributed by atoms with E-state index in [9.17, 15) is 0 Å². The average Bonchev–Trinajstić information content (AvgIpc) is 2.89. The van der Waals surface area contributed by atoms with Crippen LogP contribution in [-0.4, -0.2) is 5.16 Å². The molecule has 3 atom stereocenters. The second-order valence-corrected chi connectivity index (χ2v) is 6.02. The minimum atomic E-state index is 0.550. The number of nitrogen functional groups attached to an aromatic ring is 1. The van der Waals surface area contributed by atoms with Gasteiger partial charge in [0.2, 0.25) is 0 Å². The minimum absolute atomic E-state index is 0.550. The maximum Gasteiger partial charge on any atom is 0.180 e. The lowest BCUT2D eigenvalue weighted by Gasteiger charge is -2.20. The van der Waals surface area contributed by atoms with Gasteiger partial charge < -0.3 is 10.3 Å². The van der Waals surface area contributed by atoms with Crippen LogP contribution in [0.25, 0.3) is 0 Å². The van der Waals surface area contributed by atoms with Gasteiger partial charge in [-0.05, 0) is 59.6 Å². The van der Waals surface area contributed by atoms with Gasteiger partial charge in [0.25, 0.3) is 0 Å². The zero-order valence-corrected chi connectivity index (χ0v) is 10.7. The molecule has 0 spiro atoms. The molecule has 2 N–H and O–H groups in total. The van der Waals surface area contributed by atoms with Gasteiger partial charge in [-0.15, -0.1) is 0 Å². The van der Waals surface area contributed by atoms with Crippen molar-refractivity contribution < 1.29 is 4.52 Å². The van der Waals surface area contributed by atoms with Crippen molar-refractivity contribution in [1.29, 1.82) is 0 Å².